The van der Waals surface area contributed by atoms with Crippen LogP contribution in [0.15, 0.2) is 170 Å². The number of benzene rings is 7. The maximum absolute atomic E-state index is 5.49. The van der Waals surface area contributed by atoms with Crippen molar-refractivity contribution in [2.45, 2.75) is 81.5 Å². The number of para-hydroxylation sites is 1. The molecule has 2 fully saturated rings. The molecule has 3 aliphatic rings. The Morgan fingerprint density at radius 1 is 0.403 bits per heavy atom. The zero-order valence-corrected chi connectivity index (χ0v) is 35.2. The molecule has 0 aliphatic heterocycles. The minimum absolute atomic E-state index is 0.529. The zero-order valence-electron chi connectivity index (χ0n) is 35.2. The number of rotatable bonds is 7. The number of hydrogen-bond acceptors (Lipinski definition) is 3. The molecule has 0 radical (unpaired) electrons. The minimum Gasteiger partial charge on any atom is -0.278 e. The van der Waals surface area contributed by atoms with Crippen LogP contribution >= 0.6 is 0 Å². The normalized spacial score (nSPS) is 16.4. The third kappa shape index (κ3) is 6.06. The molecule has 2 aromatic heterocycles. The fourth-order valence-electron chi connectivity index (χ4n) is 11.6. The van der Waals surface area contributed by atoms with Crippen molar-refractivity contribution >= 4 is 21.8 Å². The second-order valence-electron chi connectivity index (χ2n) is 18.0. The average Bonchev–Trinajstić information content (AvgIpc) is 3.85. The van der Waals surface area contributed by atoms with Gasteiger partial charge in [-0.25, -0.2) is 4.98 Å². The largest absolute Gasteiger partial charge is 0.278 e. The van der Waals surface area contributed by atoms with Gasteiger partial charge in [0.15, 0.2) is 11.6 Å². The first-order valence-corrected chi connectivity index (χ1v) is 23.0. The lowest BCUT2D eigenvalue weighted by atomic mass is 9.67. The van der Waals surface area contributed by atoms with Crippen molar-refractivity contribution in [3.63, 3.8) is 0 Å². The van der Waals surface area contributed by atoms with Gasteiger partial charge in [0, 0.05) is 21.9 Å². The summed E-state index contributed by atoms with van der Waals surface area (Å²) in [4.78, 5) is 16.3. The molecule has 0 atom stereocenters. The Kier molecular flexibility index (Phi) is 9.20. The summed E-state index contributed by atoms with van der Waals surface area (Å²) in [6.07, 6.45) is 12.8. The van der Waals surface area contributed by atoms with Gasteiger partial charge in [0.05, 0.1) is 16.4 Å². The second-order valence-corrected chi connectivity index (χ2v) is 18.0. The highest BCUT2D eigenvalue weighted by molar-refractivity contribution is 6.09. The van der Waals surface area contributed by atoms with E-state index in [0.29, 0.717) is 29.4 Å². The molecule has 2 saturated carbocycles. The minimum atomic E-state index is -0.529. The molecule has 4 heteroatoms. The summed E-state index contributed by atoms with van der Waals surface area (Å²) in [5.41, 5.74) is 14.2. The summed E-state index contributed by atoms with van der Waals surface area (Å²) in [6, 6.07) is 63.0. The smallest absolute Gasteiger partial charge is 0.238 e. The van der Waals surface area contributed by atoms with E-state index in [-0.39, 0.29) is 0 Å². The van der Waals surface area contributed by atoms with Gasteiger partial charge in [0.25, 0.3) is 0 Å². The molecular weight excluding hydrogens is 753 g/mol. The highest BCUT2D eigenvalue weighted by Crippen LogP contribution is 2.56. The molecule has 0 spiro atoms. The molecule has 12 rings (SSSR count). The fraction of sp³-hybridized carbons (Fsp3) is 0.224. The van der Waals surface area contributed by atoms with E-state index < -0.39 is 5.41 Å². The van der Waals surface area contributed by atoms with Crippen molar-refractivity contribution in [3.05, 3.63) is 203 Å². The summed E-state index contributed by atoms with van der Waals surface area (Å²) in [5, 5.41) is 2.35. The summed E-state index contributed by atoms with van der Waals surface area (Å²) >= 11 is 0. The monoisotopic (exact) mass is 802 g/mol. The van der Waals surface area contributed by atoms with Gasteiger partial charge in [-0.05, 0) is 106 Å². The Balaban J connectivity index is 1.11. The van der Waals surface area contributed by atoms with Gasteiger partial charge in [-0.3, -0.25) is 4.57 Å². The van der Waals surface area contributed by atoms with Crippen LogP contribution in [0.3, 0.4) is 0 Å². The summed E-state index contributed by atoms with van der Waals surface area (Å²) in [7, 11) is 0. The van der Waals surface area contributed by atoms with Crippen LogP contribution in [0.2, 0.25) is 0 Å². The van der Waals surface area contributed by atoms with Crippen molar-refractivity contribution in [2.75, 3.05) is 0 Å². The Labute approximate surface area is 364 Å². The lowest BCUT2D eigenvalue weighted by Gasteiger charge is -2.34. The molecule has 9 aromatic rings. The number of nitrogens with zero attached hydrogens (tertiary/aromatic N) is 4. The van der Waals surface area contributed by atoms with Crippen molar-refractivity contribution in [1.29, 1.82) is 0 Å². The first kappa shape index (κ1) is 37.1. The van der Waals surface area contributed by atoms with Crippen LogP contribution in [-0.2, 0) is 5.41 Å². The van der Waals surface area contributed by atoms with E-state index in [2.05, 4.69) is 174 Å². The van der Waals surface area contributed by atoms with Crippen molar-refractivity contribution in [3.8, 4) is 39.9 Å². The summed E-state index contributed by atoms with van der Waals surface area (Å²) in [5.74, 6) is 3.23. The predicted molar refractivity (Wildman–Crippen MR) is 254 cm³/mol. The zero-order chi connectivity index (χ0) is 41.0. The van der Waals surface area contributed by atoms with E-state index in [1.807, 2.05) is 0 Å². The van der Waals surface area contributed by atoms with Crippen LogP contribution in [0.4, 0.5) is 0 Å². The van der Waals surface area contributed by atoms with Crippen LogP contribution in [0.5, 0.6) is 0 Å². The molecule has 0 saturated heterocycles. The van der Waals surface area contributed by atoms with E-state index in [9.17, 15) is 0 Å². The third-order valence-corrected chi connectivity index (χ3v) is 14.5. The summed E-state index contributed by atoms with van der Waals surface area (Å²) < 4.78 is 2.31. The maximum atomic E-state index is 5.49. The van der Waals surface area contributed by atoms with Crippen molar-refractivity contribution in [1.82, 2.24) is 19.5 Å². The molecule has 2 heterocycles. The van der Waals surface area contributed by atoms with E-state index in [1.54, 1.807) is 0 Å². The van der Waals surface area contributed by atoms with Gasteiger partial charge < -0.3 is 0 Å². The van der Waals surface area contributed by atoms with Crippen LogP contribution in [0.1, 0.15) is 109 Å². The SMILES string of the molecule is c1ccc(C2(c3ccc4c5ccccc5n(-c5nc(-c6cccc(C7CCCCC7)c6)nc(-c6cccc(C7CCCCC7)c6)n5)c4c3)c3ccccc3-c3ccccc32)cc1. The maximum Gasteiger partial charge on any atom is 0.238 e. The van der Waals surface area contributed by atoms with Crippen LogP contribution < -0.4 is 0 Å². The van der Waals surface area contributed by atoms with E-state index in [0.717, 1.165) is 22.2 Å². The van der Waals surface area contributed by atoms with Gasteiger partial charge in [-0.2, -0.15) is 9.97 Å². The lowest BCUT2D eigenvalue weighted by Crippen LogP contribution is -2.28. The Morgan fingerprint density at radius 3 is 1.55 bits per heavy atom. The highest BCUT2D eigenvalue weighted by Gasteiger charge is 2.46. The third-order valence-electron chi connectivity index (χ3n) is 14.5. The standard InChI is InChI=1S/C58H50N4/c1-4-18-39(19-5-1)41-22-16-24-43(36-41)55-59-56(44-25-17-23-42(37-44)40-20-6-2-7-21-40)61-57(60-55)62-53-33-15-12-30-49(53)50-35-34-46(38-54(50)62)58(45-26-8-3-9-27-45)51-31-13-10-28-47(51)48-29-11-14-32-52(48)58/h3,8-17,22-40H,1-2,4-7,18-21H2. The topological polar surface area (TPSA) is 43.6 Å². The summed E-state index contributed by atoms with van der Waals surface area (Å²) in [6.45, 7) is 0. The van der Waals surface area contributed by atoms with E-state index in [1.165, 1.54) is 119 Å². The molecule has 62 heavy (non-hydrogen) atoms. The molecule has 4 nitrogen and oxygen atoms in total. The van der Waals surface area contributed by atoms with Gasteiger partial charge in [0.2, 0.25) is 5.95 Å². The van der Waals surface area contributed by atoms with Crippen LogP contribution in [0.25, 0.3) is 61.7 Å². The molecule has 7 aromatic carbocycles. The first-order valence-electron chi connectivity index (χ1n) is 23.0. The second kappa shape index (κ2) is 15.4. The van der Waals surface area contributed by atoms with Crippen molar-refractivity contribution < 1.29 is 0 Å². The average molecular weight is 803 g/mol. The quantitative estimate of drug-likeness (QED) is 0.161. The Morgan fingerprint density at radius 2 is 0.935 bits per heavy atom. The fourth-order valence-corrected chi connectivity index (χ4v) is 11.6. The molecule has 0 N–H and O–H groups in total. The predicted octanol–water partition coefficient (Wildman–Crippen LogP) is 14.8. The van der Waals surface area contributed by atoms with Crippen LogP contribution in [-0.4, -0.2) is 19.5 Å². The number of aromatic nitrogens is 4. The number of fused-ring (bicyclic) bond motifs is 6. The molecule has 0 amide bonds. The van der Waals surface area contributed by atoms with Crippen molar-refractivity contribution in [2.24, 2.45) is 0 Å². The first-order chi connectivity index (χ1) is 30.7. The number of hydrogen-bond donors (Lipinski definition) is 0. The molecular formula is C58H50N4. The molecule has 0 bridgehead atoms. The van der Waals surface area contributed by atoms with Gasteiger partial charge in [-0.1, -0.05) is 184 Å². The molecule has 0 unspecified atom stereocenters. The van der Waals surface area contributed by atoms with Gasteiger partial charge in [0.1, 0.15) is 0 Å². The lowest BCUT2D eigenvalue weighted by molar-refractivity contribution is 0.443. The molecule has 302 valence electrons. The van der Waals surface area contributed by atoms with E-state index in [4.69, 9.17) is 15.0 Å². The Hall–Kier alpha value is -6.65. The highest BCUT2D eigenvalue weighted by atomic mass is 15.2. The van der Waals surface area contributed by atoms with Crippen LogP contribution in [0, 0.1) is 0 Å². The van der Waals surface area contributed by atoms with Gasteiger partial charge >= 0.3 is 0 Å². The molecule has 3 aliphatic carbocycles. The van der Waals surface area contributed by atoms with E-state index >= 15 is 0 Å². The Bertz CT molecular complexity index is 2990. The van der Waals surface area contributed by atoms with Gasteiger partial charge in [-0.15, -0.1) is 0 Å².